The number of benzene rings is 1. The van der Waals surface area contributed by atoms with Gasteiger partial charge in [-0.3, -0.25) is 15.2 Å². The summed E-state index contributed by atoms with van der Waals surface area (Å²) < 4.78 is 4.61. The van der Waals surface area contributed by atoms with Crippen molar-refractivity contribution in [3.05, 3.63) is 30.3 Å². The molecule has 0 radical (unpaired) electrons. The lowest BCUT2D eigenvalue weighted by atomic mass is 10.2. The van der Waals surface area contributed by atoms with Crippen molar-refractivity contribution in [2.75, 3.05) is 12.4 Å². The van der Waals surface area contributed by atoms with Crippen LogP contribution in [0, 0.1) is 0 Å². The highest BCUT2D eigenvalue weighted by Crippen LogP contribution is 2.18. The third-order valence-corrected chi connectivity index (χ3v) is 3.21. The zero-order chi connectivity index (χ0) is 15.1. The van der Waals surface area contributed by atoms with Crippen LogP contribution < -0.4 is 5.32 Å². The fourth-order valence-electron chi connectivity index (χ4n) is 1.48. The molecule has 0 bridgehead atoms. The van der Waals surface area contributed by atoms with Crippen molar-refractivity contribution < 1.29 is 14.3 Å². The summed E-state index contributed by atoms with van der Waals surface area (Å²) in [4.78, 5) is 26.8. The van der Waals surface area contributed by atoms with E-state index in [0.717, 1.165) is 17.3 Å². The van der Waals surface area contributed by atoms with Gasteiger partial charge in [-0.2, -0.15) is 0 Å². The second kappa shape index (κ2) is 7.44. The average molecular weight is 306 g/mol. The number of nitrogens with one attached hydrogen (secondary N) is 2. The summed E-state index contributed by atoms with van der Waals surface area (Å²) in [5.41, 5.74) is 0.910. The molecule has 2 rings (SSSR count). The zero-order valence-corrected chi connectivity index (χ0v) is 12.1. The van der Waals surface area contributed by atoms with Crippen molar-refractivity contribution in [2.24, 2.45) is 0 Å². The number of carbonyl (C=O) groups is 2. The number of aromatic nitrogens is 3. The molecule has 21 heavy (non-hydrogen) atoms. The smallest absolute Gasteiger partial charge is 0.413 e. The molecule has 2 aromatic rings. The number of hydrogen-bond donors (Lipinski definition) is 2. The fourth-order valence-corrected chi connectivity index (χ4v) is 2.08. The minimum Gasteiger partial charge on any atom is -0.450 e. The molecule has 0 saturated carbocycles. The Balaban J connectivity index is 1.86. The number of carbonyl (C=O) groups excluding carboxylic acids is 2. The number of imide groups is 1. The van der Waals surface area contributed by atoms with Gasteiger partial charge in [-0.25, -0.2) is 9.78 Å². The molecule has 0 fully saturated rings. The Morgan fingerprint density at radius 3 is 2.81 bits per heavy atom. The standard InChI is InChI=1S/C13H14N4O3S/c1-2-20-13(19)14-10(18)8-21-12-15-11(16-17-12)9-6-4-3-5-7-9/h3-7H,2,8H2,1H3,(H,14,18,19)(H,15,16,17). The van der Waals surface area contributed by atoms with Crippen LogP contribution in [0.15, 0.2) is 35.5 Å². The summed E-state index contributed by atoms with van der Waals surface area (Å²) in [7, 11) is 0. The summed E-state index contributed by atoms with van der Waals surface area (Å²) in [5.74, 6) is 0.207. The van der Waals surface area contributed by atoms with Crippen molar-refractivity contribution in [3.63, 3.8) is 0 Å². The summed E-state index contributed by atoms with van der Waals surface area (Å²) in [6, 6.07) is 9.52. The lowest BCUT2D eigenvalue weighted by Gasteiger charge is -2.02. The lowest BCUT2D eigenvalue weighted by molar-refractivity contribution is -0.117. The summed E-state index contributed by atoms with van der Waals surface area (Å²) in [6.07, 6.45) is -0.747. The van der Waals surface area contributed by atoms with Crippen molar-refractivity contribution in [3.8, 4) is 11.4 Å². The van der Waals surface area contributed by atoms with Crippen LogP contribution in [0.25, 0.3) is 11.4 Å². The molecule has 0 spiro atoms. The summed E-state index contributed by atoms with van der Waals surface area (Å²) in [6.45, 7) is 1.88. The van der Waals surface area contributed by atoms with Crippen LogP contribution in [0.4, 0.5) is 4.79 Å². The van der Waals surface area contributed by atoms with Crippen molar-refractivity contribution in [1.82, 2.24) is 20.5 Å². The fraction of sp³-hybridized carbons (Fsp3) is 0.231. The number of amides is 2. The van der Waals surface area contributed by atoms with Gasteiger partial charge in [-0.15, -0.1) is 5.10 Å². The van der Waals surface area contributed by atoms with Crippen LogP contribution >= 0.6 is 11.8 Å². The average Bonchev–Trinajstić information content (AvgIpc) is 2.95. The van der Waals surface area contributed by atoms with Gasteiger partial charge in [0, 0.05) is 5.56 Å². The molecular formula is C13H14N4O3S. The predicted octanol–water partition coefficient (Wildman–Crippen LogP) is 1.84. The normalized spacial score (nSPS) is 10.1. The van der Waals surface area contributed by atoms with Gasteiger partial charge >= 0.3 is 6.09 Å². The number of rotatable bonds is 5. The monoisotopic (exact) mass is 306 g/mol. The van der Waals surface area contributed by atoms with Crippen molar-refractivity contribution in [2.45, 2.75) is 12.1 Å². The van der Waals surface area contributed by atoms with Gasteiger partial charge in [-0.1, -0.05) is 42.1 Å². The predicted molar refractivity (Wildman–Crippen MR) is 77.7 cm³/mol. The molecule has 2 amide bonds. The molecule has 110 valence electrons. The van der Waals surface area contributed by atoms with Gasteiger partial charge in [0.2, 0.25) is 11.1 Å². The van der Waals surface area contributed by atoms with E-state index in [-0.39, 0.29) is 12.4 Å². The van der Waals surface area contributed by atoms with E-state index in [9.17, 15) is 9.59 Å². The zero-order valence-electron chi connectivity index (χ0n) is 11.3. The van der Waals surface area contributed by atoms with E-state index in [1.807, 2.05) is 30.3 Å². The molecule has 1 aromatic heterocycles. The van der Waals surface area contributed by atoms with Crippen molar-refractivity contribution in [1.29, 1.82) is 0 Å². The second-order valence-corrected chi connectivity index (χ2v) is 4.83. The molecule has 1 aromatic carbocycles. The van der Waals surface area contributed by atoms with E-state index in [0.29, 0.717) is 11.0 Å². The first-order valence-electron chi connectivity index (χ1n) is 6.26. The first-order chi connectivity index (χ1) is 10.2. The molecule has 7 nitrogen and oxygen atoms in total. The molecule has 1 heterocycles. The van der Waals surface area contributed by atoms with Crippen LogP contribution in [-0.4, -0.2) is 39.5 Å². The number of nitrogens with zero attached hydrogens (tertiary/aromatic N) is 2. The molecular weight excluding hydrogens is 292 g/mol. The Labute approximate surface area is 125 Å². The quantitative estimate of drug-likeness (QED) is 0.818. The molecule has 2 N–H and O–H groups in total. The van der Waals surface area contributed by atoms with E-state index < -0.39 is 12.0 Å². The van der Waals surface area contributed by atoms with E-state index in [1.165, 1.54) is 0 Å². The topological polar surface area (TPSA) is 97.0 Å². The largest absolute Gasteiger partial charge is 0.450 e. The minimum absolute atomic E-state index is 0.0326. The number of alkyl carbamates (subject to hydrolysis) is 1. The minimum atomic E-state index is -0.747. The van der Waals surface area contributed by atoms with Gasteiger partial charge in [0.15, 0.2) is 5.82 Å². The Bertz CT molecular complexity index is 615. The molecule has 0 unspecified atom stereocenters. The molecule has 0 aliphatic heterocycles. The number of aromatic amines is 1. The highest BCUT2D eigenvalue weighted by atomic mass is 32.2. The maximum Gasteiger partial charge on any atom is 0.413 e. The highest BCUT2D eigenvalue weighted by Gasteiger charge is 2.11. The second-order valence-electron chi connectivity index (χ2n) is 3.89. The molecule has 0 aliphatic rings. The van der Waals surface area contributed by atoms with Gasteiger partial charge in [0.05, 0.1) is 12.4 Å². The maximum atomic E-state index is 11.5. The molecule has 0 atom stereocenters. The third-order valence-electron chi connectivity index (χ3n) is 2.36. The SMILES string of the molecule is CCOC(=O)NC(=O)CSc1n[nH]c(-c2ccccc2)n1. The van der Waals surface area contributed by atoms with E-state index in [4.69, 9.17) is 0 Å². The Morgan fingerprint density at radius 2 is 2.10 bits per heavy atom. The maximum absolute atomic E-state index is 11.5. The van der Waals surface area contributed by atoms with Gasteiger partial charge in [0.25, 0.3) is 0 Å². The van der Waals surface area contributed by atoms with Crippen LogP contribution in [0.3, 0.4) is 0 Å². The first kappa shape index (κ1) is 15.0. The number of H-pyrrole nitrogens is 1. The Hall–Kier alpha value is -2.35. The van der Waals surface area contributed by atoms with Crippen LogP contribution in [0.1, 0.15) is 6.92 Å². The van der Waals surface area contributed by atoms with Crippen LogP contribution in [0.2, 0.25) is 0 Å². The number of ether oxygens (including phenoxy) is 1. The Morgan fingerprint density at radius 1 is 1.33 bits per heavy atom. The molecule has 8 heteroatoms. The van der Waals surface area contributed by atoms with Gasteiger partial charge in [0.1, 0.15) is 0 Å². The highest BCUT2D eigenvalue weighted by molar-refractivity contribution is 7.99. The van der Waals surface area contributed by atoms with E-state index in [2.05, 4.69) is 25.2 Å². The Kier molecular flexibility index (Phi) is 5.33. The van der Waals surface area contributed by atoms with Gasteiger partial charge < -0.3 is 4.74 Å². The number of hydrogen-bond acceptors (Lipinski definition) is 6. The van der Waals surface area contributed by atoms with Crippen LogP contribution in [0.5, 0.6) is 0 Å². The van der Waals surface area contributed by atoms with E-state index in [1.54, 1.807) is 6.92 Å². The molecule has 0 aliphatic carbocycles. The van der Waals surface area contributed by atoms with Crippen LogP contribution in [-0.2, 0) is 9.53 Å². The van der Waals surface area contributed by atoms with Gasteiger partial charge in [-0.05, 0) is 6.92 Å². The number of thioether (sulfide) groups is 1. The lowest BCUT2D eigenvalue weighted by Crippen LogP contribution is -2.32. The third kappa shape index (κ3) is 4.60. The first-order valence-corrected chi connectivity index (χ1v) is 7.25. The molecule has 0 saturated heterocycles. The van der Waals surface area contributed by atoms with Crippen molar-refractivity contribution >= 4 is 23.8 Å². The summed E-state index contributed by atoms with van der Waals surface area (Å²) >= 11 is 1.13. The van der Waals surface area contributed by atoms with E-state index >= 15 is 0 Å². The summed E-state index contributed by atoms with van der Waals surface area (Å²) in [5, 5.41) is 9.35.